The largest absolute Gasteiger partial charge is 0.294 e. The fourth-order valence-corrected chi connectivity index (χ4v) is 5.70. The summed E-state index contributed by atoms with van der Waals surface area (Å²) in [5, 5.41) is 5.20. The van der Waals surface area contributed by atoms with Gasteiger partial charge in [-0.25, -0.2) is 4.98 Å². The van der Waals surface area contributed by atoms with E-state index >= 15 is 0 Å². The van der Waals surface area contributed by atoms with Crippen LogP contribution in [-0.2, 0) is 5.41 Å². The van der Waals surface area contributed by atoms with E-state index in [9.17, 15) is 0 Å². The molecule has 0 saturated heterocycles. The van der Waals surface area contributed by atoms with Gasteiger partial charge >= 0.3 is 0 Å². The normalized spacial score (nSPS) is 14.2. The molecule has 4 aromatic carbocycles. The van der Waals surface area contributed by atoms with Crippen LogP contribution < -0.4 is 0 Å². The van der Waals surface area contributed by atoms with Crippen molar-refractivity contribution in [3.8, 4) is 16.9 Å². The average Bonchev–Trinajstić information content (AvgIpc) is 3.28. The molecule has 1 aliphatic carbocycles. The monoisotopic (exact) mass is 410 g/mol. The topological polar surface area (TPSA) is 17.8 Å². The van der Waals surface area contributed by atoms with Crippen LogP contribution in [-0.4, -0.2) is 9.55 Å². The first-order chi connectivity index (χ1) is 15.6. The molecule has 2 aromatic heterocycles. The van der Waals surface area contributed by atoms with Gasteiger partial charge in [0.25, 0.3) is 0 Å². The molecule has 0 saturated carbocycles. The van der Waals surface area contributed by atoms with E-state index in [1.807, 2.05) is 12.3 Å². The van der Waals surface area contributed by atoms with Gasteiger partial charge in [-0.15, -0.1) is 0 Å². The van der Waals surface area contributed by atoms with Gasteiger partial charge in [-0.3, -0.25) is 4.57 Å². The molecule has 152 valence electrons. The number of rotatable bonds is 1. The highest BCUT2D eigenvalue weighted by Crippen LogP contribution is 2.53. The van der Waals surface area contributed by atoms with Gasteiger partial charge in [-0.05, 0) is 69.4 Å². The van der Waals surface area contributed by atoms with E-state index in [4.69, 9.17) is 4.98 Å². The summed E-state index contributed by atoms with van der Waals surface area (Å²) in [6.07, 6.45) is 1.87. The highest BCUT2D eigenvalue weighted by Gasteiger charge is 2.37. The van der Waals surface area contributed by atoms with Gasteiger partial charge < -0.3 is 0 Å². The third-order valence-corrected chi connectivity index (χ3v) is 7.22. The first-order valence-electron chi connectivity index (χ1n) is 11.2. The number of hydrogen-bond acceptors (Lipinski definition) is 1. The molecule has 0 radical (unpaired) electrons. The van der Waals surface area contributed by atoms with Gasteiger partial charge in [0.1, 0.15) is 5.82 Å². The van der Waals surface area contributed by atoms with Crippen LogP contribution in [0, 0.1) is 0 Å². The lowest BCUT2D eigenvalue weighted by Crippen LogP contribution is -2.14. The van der Waals surface area contributed by atoms with Crippen LogP contribution >= 0.6 is 0 Å². The summed E-state index contributed by atoms with van der Waals surface area (Å²) in [5.74, 6) is 0.953. The molecular formula is C30H22N2. The fourth-order valence-electron chi connectivity index (χ4n) is 5.70. The highest BCUT2D eigenvalue weighted by molar-refractivity contribution is 6.18. The Hall–Kier alpha value is -3.91. The predicted octanol–water partition coefficient (Wildman–Crippen LogP) is 7.64. The lowest BCUT2D eigenvalue weighted by Gasteiger charge is -2.21. The molecule has 2 nitrogen and oxygen atoms in total. The van der Waals surface area contributed by atoms with Crippen molar-refractivity contribution in [2.75, 3.05) is 0 Å². The van der Waals surface area contributed by atoms with Crippen molar-refractivity contribution >= 4 is 32.6 Å². The van der Waals surface area contributed by atoms with E-state index < -0.39 is 0 Å². The molecule has 0 N–H and O–H groups in total. The standard InChI is InChI=1S/C30H22N2/c1-30(2)23-14-15-26-29(28(23)22-17-19-9-3-4-10-20(19)18-24(22)30)21-11-5-6-12-25(21)32(26)27-13-7-8-16-31-27/h3-18H,1-2H3. The van der Waals surface area contributed by atoms with Gasteiger partial charge in [0, 0.05) is 22.4 Å². The zero-order valence-corrected chi connectivity index (χ0v) is 18.1. The number of para-hydroxylation sites is 1. The summed E-state index contributed by atoms with van der Waals surface area (Å²) in [6, 6.07) is 32.9. The van der Waals surface area contributed by atoms with Crippen LogP contribution in [0.2, 0.25) is 0 Å². The Labute approximate surface area is 186 Å². The van der Waals surface area contributed by atoms with Crippen molar-refractivity contribution < 1.29 is 0 Å². The molecule has 32 heavy (non-hydrogen) atoms. The summed E-state index contributed by atoms with van der Waals surface area (Å²) in [5.41, 5.74) is 7.91. The Kier molecular flexibility index (Phi) is 3.37. The zero-order chi connectivity index (χ0) is 21.4. The Morgan fingerprint density at radius 2 is 1.44 bits per heavy atom. The third-order valence-electron chi connectivity index (χ3n) is 7.22. The summed E-state index contributed by atoms with van der Waals surface area (Å²) in [4.78, 5) is 4.69. The zero-order valence-electron chi connectivity index (χ0n) is 18.1. The number of aromatic nitrogens is 2. The molecule has 2 heterocycles. The van der Waals surface area contributed by atoms with Crippen molar-refractivity contribution in [1.29, 1.82) is 0 Å². The summed E-state index contributed by atoms with van der Waals surface area (Å²) >= 11 is 0. The number of benzene rings is 4. The summed E-state index contributed by atoms with van der Waals surface area (Å²) in [6.45, 7) is 4.71. The van der Waals surface area contributed by atoms with E-state index in [1.165, 1.54) is 54.8 Å². The SMILES string of the molecule is CC1(C)c2cc3ccccc3cc2-c2c1ccc1c2c2ccccc2n1-c1ccccn1. The molecule has 0 unspecified atom stereocenters. The van der Waals surface area contributed by atoms with Crippen LogP contribution in [0.25, 0.3) is 49.5 Å². The smallest absolute Gasteiger partial charge is 0.137 e. The van der Waals surface area contributed by atoms with Crippen LogP contribution in [0.3, 0.4) is 0 Å². The molecule has 7 rings (SSSR count). The Morgan fingerprint density at radius 3 is 2.25 bits per heavy atom. The van der Waals surface area contributed by atoms with E-state index in [0.29, 0.717) is 0 Å². The van der Waals surface area contributed by atoms with Crippen LogP contribution in [0.4, 0.5) is 0 Å². The predicted molar refractivity (Wildman–Crippen MR) is 134 cm³/mol. The van der Waals surface area contributed by atoms with Crippen LogP contribution in [0.5, 0.6) is 0 Å². The quantitative estimate of drug-likeness (QED) is 0.272. The minimum absolute atomic E-state index is 0.0446. The van der Waals surface area contributed by atoms with E-state index in [-0.39, 0.29) is 5.41 Å². The second-order valence-electron chi connectivity index (χ2n) is 9.29. The lowest BCUT2D eigenvalue weighted by atomic mass is 9.81. The summed E-state index contributed by atoms with van der Waals surface area (Å²) < 4.78 is 2.30. The third kappa shape index (κ3) is 2.17. The second kappa shape index (κ2) is 6.08. The maximum Gasteiger partial charge on any atom is 0.137 e. The van der Waals surface area contributed by atoms with Gasteiger partial charge in [-0.2, -0.15) is 0 Å². The molecule has 1 aliphatic rings. The van der Waals surface area contributed by atoms with Crippen molar-refractivity contribution in [1.82, 2.24) is 9.55 Å². The number of hydrogen-bond donors (Lipinski definition) is 0. The van der Waals surface area contributed by atoms with Crippen LogP contribution in [0.1, 0.15) is 25.0 Å². The Bertz CT molecular complexity index is 1690. The van der Waals surface area contributed by atoms with Crippen molar-refractivity contribution in [2.45, 2.75) is 19.3 Å². The van der Waals surface area contributed by atoms with Gasteiger partial charge in [0.15, 0.2) is 0 Å². The first kappa shape index (κ1) is 17.7. The average molecular weight is 411 g/mol. The first-order valence-corrected chi connectivity index (χ1v) is 11.2. The molecule has 0 fully saturated rings. The highest BCUT2D eigenvalue weighted by atomic mass is 15.1. The Morgan fingerprint density at radius 1 is 0.688 bits per heavy atom. The Balaban J connectivity index is 1.69. The van der Waals surface area contributed by atoms with Gasteiger partial charge in [-0.1, -0.05) is 68.4 Å². The molecule has 0 aliphatic heterocycles. The summed E-state index contributed by atoms with van der Waals surface area (Å²) in [7, 11) is 0. The lowest BCUT2D eigenvalue weighted by molar-refractivity contribution is 0.661. The van der Waals surface area contributed by atoms with E-state index in [1.54, 1.807) is 0 Å². The van der Waals surface area contributed by atoms with Gasteiger partial charge in [0.05, 0.1) is 11.0 Å². The van der Waals surface area contributed by atoms with Crippen molar-refractivity contribution in [2.24, 2.45) is 0 Å². The molecule has 0 atom stereocenters. The second-order valence-corrected chi connectivity index (χ2v) is 9.29. The molecule has 0 spiro atoms. The molecule has 6 aromatic rings. The molecule has 0 amide bonds. The maximum absolute atomic E-state index is 4.69. The van der Waals surface area contributed by atoms with Gasteiger partial charge in [0.2, 0.25) is 0 Å². The van der Waals surface area contributed by atoms with E-state index in [2.05, 4.69) is 103 Å². The van der Waals surface area contributed by atoms with Crippen LogP contribution in [0.15, 0.2) is 97.2 Å². The number of nitrogens with zero attached hydrogens (tertiary/aromatic N) is 2. The minimum Gasteiger partial charge on any atom is -0.294 e. The maximum atomic E-state index is 4.69. The van der Waals surface area contributed by atoms with Crippen molar-refractivity contribution in [3.63, 3.8) is 0 Å². The number of pyridine rings is 1. The molecule has 0 bridgehead atoms. The number of fused-ring (bicyclic) bond motifs is 8. The van der Waals surface area contributed by atoms with E-state index in [0.717, 1.165) is 5.82 Å². The van der Waals surface area contributed by atoms with Crippen molar-refractivity contribution in [3.05, 3.63) is 108 Å². The minimum atomic E-state index is -0.0446. The molecular weight excluding hydrogens is 388 g/mol. The molecule has 2 heteroatoms. The fraction of sp³-hybridized carbons (Fsp3) is 0.100.